The minimum Gasteiger partial charge on any atom is -0.313 e. The number of nitrogens with zero attached hydrogens (tertiary/aromatic N) is 4. The summed E-state index contributed by atoms with van der Waals surface area (Å²) >= 11 is 1.42. The van der Waals surface area contributed by atoms with Gasteiger partial charge in [0.2, 0.25) is 10.0 Å². The van der Waals surface area contributed by atoms with Crippen molar-refractivity contribution in [1.29, 1.82) is 0 Å². The van der Waals surface area contributed by atoms with Gasteiger partial charge in [-0.15, -0.1) is 11.3 Å². The van der Waals surface area contributed by atoms with E-state index in [-0.39, 0.29) is 10.8 Å². The van der Waals surface area contributed by atoms with Crippen molar-refractivity contribution < 1.29 is 18.0 Å². The number of anilines is 1. The van der Waals surface area contributed by atoms with Gasteiger partial charge in [-0.25, -0.2) is 13.1 Å². The number of amides is 1. The molecule has 0 saturated heterocycles. The van der Waals surface area contributed by atoms with Crippen molar-refractivity contribution in [3.63, 3.8) is 0 Å². The first-order chi connectivity index (χ1) is 18.6. The molecule has 0 spiro atoms. The maximum atomic E-state index is 13.7. The predicted molar refractivity (Wildman–Crippen MR) is 154 cm³/mol. The molecular weight excluding hydrogens is 534 g/mol. The summed E-state index contributed by atoms with van der Waals surface area (Å²) in [5, 5.41) is 7.83. The largest absolute Gasteiger partial charge is 0.313 e. The van der Waals surface area contributed by atoms with E-state index in [2.05, 4.69) is 22.2 Å². The van der Waals surface area contributed by atoms with Crippen molar-refractivity contribution in [2.45, 2.75) is 65.3 Å². The first-order valence-electron chi connectivity index (χ1n) is 13.5. The molecule has 0 unspecified atom stereocenters. The van der Waals surface area contributed by atoms with Crippen LogP contribution in [0.3, 0.4) is 0 Å². The molecule has 3 aromatic rings. The molecule has 0 saturated carbocycles. The van der Waals surface area contributed by atoms with Crippen molar-refractivity contribution >= 4 is 38.2 Å². The molecule has 39 heavy (non-hydrogen) atoms. The number of aromatic nitrogens is 2. The van der Waals surface area contributed by atoms with Crippen molar-refractivity contribution in [1.82, 2.24) is 19.0 Å². The van der Waals surface area contributed by atoms with E-state index >= 15 is 0 Å². The molecule has 1 amide bonds. The summed E-state index contributed by atoms with van der Waals surface area (Å²) in [5.41, 5.74) is 3.25. The van der Waals surface area contributed by atoms with Crippen LogP contribution in [0.15, 0.2) is 35.2 Å². The van der Waals surface area contributed by atoms with Gasteiger partial charge in [0.05, 0.1) is 16.2 Å². The number of nitrogens with one attached hydrogen (secondary N) is 1. The van der Waals surface area contributed by atoms with Crippen LogP contribution in [-0.4, -0.2) is 65.4 Å². The number of benzene rings is 1. The molecule has 4 rings (SSSR count). The summed E-state index contributed by atoms with van der Waals surface area (Å²) in [6, 6.07) is 7.85. The Morgan fingerprint density at radius 1 is 1.08 bits per heavy atom. The summed E-state index contributed by atoms with van der Waals surface area (Å²) in [7, 11) is -3.64. The quantitative estimate of drug-likeness (QED) is 0.379. The van der Waals surface area contributed by atoms with E-state index < -0.39 is 15.9 Å². The fourth-order valence-corrected chi connectivity index (χ4v) is 7.84. The molecule has 1 N–H and O–H groups in total. The van der Waals surface area contributed by atoms with E-state index in [1.54, 1.807) is 0 Å². The minimum absolute atomic E-state index is 0.160. The monoisotopic (exact) mass is 571 g/mol. The van der Waals surface area contributed by atoms with Crippen LogP contribution in [0.4, 0.5) is 5.00 Å². The second kappa shape index (κ2) is 12.1. The third-order valence-corrected chi connectivity index (χ3v) is 9.97. The first kappa shape index (κ1) is 29.1. The highest BCUT2D eigenvalue weighted by molar-refractivity contribution is 7.89. The number of rotatable bonds is 10. The number of likely N-dealkylation sites (N-methyl/N-ethyl adjacent to an activating group) is 1. The van der Waals surface area contributed by atoms with Gasteiger partial charge in [0.15, 0.2) is 0 Å². The van der Waals surface area contributed by atoms with Crippen LogP contribution in [0.25, 0.3) is 0 Å². The SMILES string of the molecule is CCCN(CCC)S(=O)(=O)c1ccc(C(=O)Nc2sc3c(c2C(=O)n2nc(C)cc2C)CCN(CC)C3)cc1. The number of thiophene rings is 1. The molecule has 210 valence electrons. The number of hydrogen-bond donors (Lipinski definition) is 1. The van der Waals surface area contributed by atoms with Gasteiger partial charge in [-0.05, 0) is 75.5 Å². The molecule has 0 radical (unpaired) electrons. The lowest BCUT2D eigenvalue weighted by molar-refractivity contribution is 0.0942. The van der Waals surface area contributed by atoms with E-state index in [1.165, 1.54) is 44.6 Å². The Hall–Kier alpha value is -2.86. The van der Waals surface area contributed by atoms with Gasteiger partial charge < -0.3 is 5.32 Å². The van der Waals surface area contributed by atoms with Crippen molar-refractivity contribution in [3.8, 4) is 0 Å². The zero-order valence-corrected chi connectivity index (χ0v) is 24.9. The van der Waals surface area contributed by atoms with E-state index in [1.807, 2.05) is 33.8 Å². The lowest BCUT2D eigenvalue weighted by atomic mass is 10.0. The van der Waals surface area contributed by atoms with E-state index in [4.69, 9.17) is 0 Å². The van der Waals surface area contributed by atoms with Crippen LogP contribution < -0.4 is 5.32 Å². The van der Waals surface area contributed by atoms with E-state index in [9.17, 15) is 18.0 Å². The molecule has 0 atom stereocenters. The van der Waals surface area contributed by atoms with E-state index in [0.717, 1.165) is 54.3 Å². The van der Waals surface area contributed by atoms with Gasteiger partial charge in [-0.3, -0.25) is 14.5 Å². The lowest BCUT2D eigenvalue weighted by Crippen LogP contribution is -2.32. The molecular formula is C28H37N5O4S2. The van der Waals surface area contributed by atoms with Crippen LogP contribution in [0.5, 0.6) is 0 Å². The fourth-order valence-electron chi connectivity index (χ4n) is 4.93. The summed E-state index contributed by atoms with van der Waals surface area (Å²) in [6.45, 7) is 13.0. The molecule has 3 heterocycles. The second-order valence-electron chi connectivity index (χ2n) is 9.85. The molecule has 0 aliphatic carbocycles. The number of sulfonamides is 1. The van der Waals surface area contributed by atoms with Gasteiger partial charge in [-0.1, -0.05) is 20.8 Å². The van der Waals surface area contributed by atoms with Crippen LogP contribution in [-0.2, 0) is 23.0 Å². The average molecular weight is 572 g/mol. The molecule has 1 aromatic carbocycles. The Kier molecular flexibility index (Phi) is 9.05. The summed E-state index contributed by atoms with van der Waals surface area (Å²) < 4.78 is 29.1. The van der Waals surface area contributed by atoms with Crippen LogP contribution in [0.2, 0.25) is 0 Å². The van der Waals surface area contributed by atoms with Gasteiger partial charge in [0.1, 0.15) is 5.00 Å². The number of carbonyl (C=O) groups is 2. The zero-order valence-electron chi connectivity index (χ0n) is 23.3. The predicted octanol–water partition coefficient (Wildman–Crippen LogP) is 4.69. The molecule has 1 aliphatic rings. The Balaban J connectivity index is 1.64. The van der Waals surface area contributed by atoms with Crippen molar-refractivity contribution in [3.05, 3.63) is 63.3 Å². The summed E-state index contributed by atoms with van der Waals surface area (Å²) in [4.78, 5) is 30.6. The van der Waals surface area contributed by atoms with Gasteiger partial charge >= 0.3 is 0 Å². The smallest absolute Gasteiger partial charge is 0.281 e. The maximum Gasteiger partial charge on any atom is 0.281 e. The van der Waals surface area contributed by atoms with Crippen LogP contribution in [0.1, 0.15) is 76.2 Å². The molecule has 11 heteroatoms. The molecule has 0 bridgehead atoms. The number of hydrogen-bond acceptors (Lipinski definition) is 7. The van der Waals surface area contributed by atoms with Crippen molar-refractivity contribution in [2.24, 2.45) is 0 Å². The molecule has 2 aromatic heterocycles. The fraction of sp³-hybridized carbons (Fsp3) is 0.464. The Bertz CT molecular complexity index is 1450. The third-order valence-electron chi connectivity index (χ3n) is 6.93. The Labute approximate surface area is 234 Å². The number of aryl methyl sites for hydroxylation is 2. The summed E-state index contributed by atoms with van der Waals surface area (Å²) in [6.07, 6.45) is 2.16. The highest BCUT2D eigenvalue weighted by Gasteiger charge is 2.30. The third kappa shape index (κ3) is 6.01. The zero-order chi connectivity index (χ0) is 28.3. The molecule has 0 fully saturated rings. The number of carbonyl (C=O) groups excluding carboxylic acids is 2. The Morgan fingerprint density at radius 2 is 1.74 bits per heavy atom. The first-order valence-corrected chi connectivity index (χ1v) is 15.7. The molecule has 1 aliphatic heterocycles. The number of fused-ring (bicyclic) bond motifs is 1. The Morgan fingerprint density at radius 3 is 2.31 bits per heavy atom. The van der Waals surface area contributed by atoms with Crippen LogP contribution >= 0.6 is 11.3 Å². The van der Waals surface area contributed by atoms with Gasteiger partial charge in [0, 0.05) is 42.3 Å². The average Bonchev–Trinajstić information content (AvgIpc) is 3.45. The van der Waals surface area contributed by atoms with Gasteiger partial charge in [-0.2, -0.15) is 9.40 Å². The minimum atomic E-state index is -3.64. The summed E-state index contributed by atoms with van der Waals surface area (Å²) in [5.74, 6) is -0.655. The van der Waals surface area contributed by atoms with Gasteiger partial charge in [0.25, 0.3) is 11.8 Å². The highest BCUT2D eigenvalue weighted by Crippen LogP contribution is 2.38. The second-order valence-corrected chi connectivity index (χ2v) is 12.9. The van der Waals surface area contributed by atoms with E-state index in [0.29, 0.717) is 35.6 Å². The molecule has 9 nitrogen and oxygen atoms in total. The standard InChI is InChI=1S/C28H37N5O4S2/c1-6-14-32(15-7-2)39(36,37)22-11-9-21(10-12-22)26(34)29-27-25(28(35)33-20(5)17-19(4)30-33)23-13-16-31(8-3)18-24(23)38-27/h9-12,17H,6-8,13-16,18H2,1-5H3,(H,29,34). The van der Waals surface area contributed by atoms with Crippen LogP contribution in [0, 0.1) is 13.8 Å². The topological polar surface area (TPSA) is 105 Å². The highest BCUT2D eigenvalue weighted by atomic mass is 32.2. The maximum absolute atomic E-state index is 13.7. The van der Waals surface area contributed by atoms with Crippen molar-refractivity contribution in [2.75, 3.05) is 31.5 Å². The lowest BCUT2D eigenvalue weighted by Gasteiger charge is -2.25. The normalized spacial score (nSPS) is 14.0.